The Labute approximate surface area is 143 Å². The standard InChI is InChI=1S/C18H15ClN4O/c1-11-4-3-5-13(19)17(11)22-18-16-9-20-10-23(16)15-8-12(24-2)6-7-14(15)21-18/h3-10H,1-2H3,(H,21,22). The minimum atomic E-state index is 0.657. The predicted molar refractivity (Wildman–Crippen MR) is 96.5 cm³/mol. The highest BCUT2D eigenvalue weighted by Crippen LogP contribution is 2.31. The van der Waals surface area contributed by atoms with Gasteiger partial charge in [0.2, 0.25) is 0 Å². The highest BCUT2D eigenvalue weighted by Gasteiger charge is 2.12. The van der Waals surface area contributed by atoms with Crippen molar-refractivity contribution in [3.8, 4) is 5.75 Å². The van der Waals surface area contributed by atoms with Gasteiger partial charge in [0.05, 0.1) is 41.4 Å². The van der Waals surface area contributed by atoms with Crippen LogP contribution >= 0.6 is 11.6 Å². The molecule has 6 heteroatoms. The molecule has 24 heavy (non-hydrogen) atoms. The van der Waals surface area contributed by atoms with Gasteiger partial charge in [-0.05, 0) is 30.7 Å². The van der Waals surface area contributed by atoms with E-state index >= 15 is 0 Å². The van der Waals surface area contributed by atoms with Crippen molar-refractivity contribution in [2.45, 2.75) is 6.92 Å². The van der Waals surface area contributed by atoms with Gasteiger partial charge in [-0.2, -0.15) is 0 Å². The number of anilines is 2. The lowest BCUT2D eigenvalue weighted by molar-refractivity contribution is 0.415. The average molecular weight is 339 g/mol. The van der Waals surface area contributed by atoms with E-state index in [0.717, 1.165) is 33.6 Å². The SMILES string of the molecule is COc1ccc2nc(Nc3c(C)cccc3Cl)c3cncn3c2c1. The Kier molecular flexibility index (Phi) is 3.50. The second-order valence-electron chi connectivity index (χ2n) is 5.52. The van der Waals surface area contributed by atoms with E-state index in [2.05, 4.69) is 10.3 Å². The zero-order valence-electron chi connectivity index (χ0n) is 13.2. The van der Waals surface area contributed by atoms with Crippen LogP contribution in [0.4, 0.5) is 11.5 Å². The maximum atomic E-state index is 6.33. The lowest BCUT2D eigenvalue weighted by Gasteiger charge is -2.13. The second-order valence-corrected chi connectivity index (χ2v) is 5.93. The van der Waals surface area contributed by atoms with Crippen molar-refractivity contribution in [1.82, 2.24) is 14.4 Å². The average Bonchev–Trinajstić information content (AvgIpc) is 3.08. The molecule has 2 aromatic heterocycles. The Morgan fingerprint density at radius 3 is 2.83 bits per heavy atom. The molecule has 0 fully saturated rings. The lowest BCUT2D eigenvalue weighted by Crippen LogP contribution is -2.01. The zero-order valence-corrected chi connectivity index (χ0v) is 14.0. The largest absolute Gasteiger partial charge is 0.497 e. The number of hydrogen-bond donors (Lipinski definition) is 1. The lowest BCUT2D eigenvalue weighted by atomic mass is 10.2. The summed E-state index contributed by atoms with van der Waals surface area (Å²) < 4.78 is 7.30. The quantitative estimate of drug-likeness (QED) is 0.593. The number of nitrogens with zero attached hydrogens (tertiary/aromatic N) is 3. The molecule has 2 heterocycles. The van der Waals surface area contributed by atoms with Gasteiger partial charge in [0.25, 0.3) is 0 Å². The fraction of sp³-hybridized carbons (Fsp3) is 0.111. The van der Waals surface area contributed by atoms with Gasteiger partial charge < -0.3 is 10.1 Å². The summed E-state index contributed by atoms with van der Waals surface area (Å²) in [6.45, 7) is 2.01. The van der Waals surface area contributed by atoms with Crippen LogP contribution in [0.15, 0.2) is 48.9 Å². The highest BCUT2D eigenvalue weighted by atomic mass is 35.5. The van der Waals surface area contributed by atoms with Crippen molar-refractivity contribution in [2.24, 2.45) is 0 Å². The normalized spacial score (nSPS) is 11.1. The highest BCUT2D eigenvalue weighted by molar-refractivity contribution is 6.33. The molecule has 0 unspecified atom stereocenters. The second kappa shape index (κ2) is 5.69. The molecular weight excluding hydrogens is 324 g/mol. The van der Waals surface area contributed by atoms with E-state index in [9.17, 15) is 0 Å². The number of ether oxygens (including phenoxy) is 1. The number of para-hydroxylation sites is 1. The first-order chi connectivity index (χ1) is 11.7. The Hall–Kier alpha value is -2.79. The maximum Gasteiger partial charge on any atom is 0.157 e. The number of rotatable bonds is 3. The van der Waals surface area contributed by atoms with Gasteiger partial charge in [-0.1, -0.05) is 23.7 Å². The van der Waals surface area contributed by atoms with Crippen LogP contribution in [0.25, 0.3) is 16.6 Å². The van der Waals surface area contributed by atoms with Crippen LogP contribution in [0, 0.1) is 6.92 Å². The van der Waals surface area contributed by atoms with Gasteiger partial charge in [0.15, 0.2) is 5.82 Å². The molecule has 0 saturated carbocycles. The molecule has 0 aliphatic carbocycles. The summed E-state index contributed by atoms with van der Waals surface area (Å²) in [5, 5.41) is 4.01. The Morgan fingerprint density at radius 1 is 1.17 bits per heavy atom. The fourth-order valence-corrected chi connectivity index (χ4v) is 3.03. The van der Waals surface area contributed by atoms with Crippen molar-refractivity contribution < 1.29 is 4.74 Å². The van der Waals surface area contributed by atoms with E-state index < -0.39 is 0 Å². The maximum absolute atomic E-state index is 6.33. The number of aromatic nitrogens is 3. The summed E-state index contributed by atoms with van der Waals surface area (Å²) in [5.41, 5.74) is 4.55. The fourth-order valence-electron chi connectivity index (χ4n) is 2.76. The van der Waals surface area contributed by atoms with E-state index in [0.29, 0.717) is 10.8 Å². The molecule has 1 N–H and O–H groups in total. The molecule has 2 aromatic carbocycles. The molecule has 0 amide bonds. The number of aryl methyl sites for hydroxylation is 1. The Bertz CT molecular complexity index is 1040. The molecule has 0 aliphatic heterocycles. The van der Waals surface area contributed by atoms with Gasteiger partial charge in [-0.25, -0.2) is 9.97 Å². The molecule has 0 saturated heterocycles. The Balaban J connectivity index is 1.93. The third-order valence-corrected chi connectivity index (χ3v) is 4.34. The molecule has 0 atom stereocenters. The molecule has 4 aromatic rings. The van der Waals surface area contributed by atoms with Crippen molar-refractivity contribution >= 4 is 39.7 Å². The summed E-state index contributed by atoms with van der Waals surface area (Å²) in [6.07, 6.45) is 3.55. The van der Waals surface area contributed by atoms with Gasteiger partial charge in [-0.3, -0.25) is 4.40 Å². The van der Waals surface area contributed by atoms with Crippen molar-refractivity contribution in [1.29, 1.82) is 0 Å². The third-order valence-electron chi connectivity index (χ3n) is 4.02. The van der Waals surface area contributed by atoms with Crippen molar-refractivity contribution in [3.05, 3.63) is 59.5 Å². The predicted octanol–water partition coefficient (Wildman–Crippen LogP) is 4.60. The summed E-state index contributed by atoms with van der Waals surface area (Å²) >= 11 is 6.33. The number of imidazole rings is 1. The molecule has 0 spiro atoms. The van der Waals surface area contributed by atoms with Crippen molar-refractivity contribution in [2.75, 3.05) is 12.4 Å². The van der Waals surface area contributed by atoms with Gasteiger partial charge in [0.1, 0.15) is 11.3 Å². The van der Waals surface area contributed by atoms with Crippen LogP contribution < -0.4 is 10.1 Å². The number of fused-ring (bicyclic) bond motifs is 3. The molecule has 120 valence electrons. The van der Waals surface area contributed by atoms with E-state index in [4.69, 9.17) is 21.3 Å². The topological polar surface area (TPSA) is 51.5 Å². The van der Waals surface area contributed by atoms with E-state index in [1.807, 2.05) is 47.7 Å². The summed E-state index contributed by atoms with van der Waals surface area (Å²) in [7, 11) is 1.65. The Morgan fingerprint density at radius 2 is 2.04 bits per heavy atom. The van der Waals surface area contributed by atoms with Gasteiger partial charge in [0, 0.05) is 6.07 Å². The summed E-state index contributed by atoms with van der Waals surface area (Å²) in [5.74, 6) is 1.49. The van der Waals surface area contributed by atoms with Crippen LogP contribution in [0.5, 0.6) is 5.75 Å². The number of methoxy groups -OCH3 is 1. The molecule has 0 aliphatic rings. The zero-order chi connectivity index (χ0) is 16.7. The van der Waals surface area contributed by atoms with Crippen molar-refractivity contribution in [3.63, 3.8) is 0 Å². The molecule has 0 radical (unpaired) electrons. The summed E-state index contributed by atoms with van der Waals surface area (Å²) in [6, 6.07) is 11.6. The van der Waals surface area contributed by atoms with Crippen LogP contribution in [0.1, 0.15) is 5.56 Å². The van der Waals surface area contributed by atoms with Crippen LogP contribution in [0.3, 0.4) is 0 Å². The van der Waals surface area contributed by atoms with Crippen LogP contribution in [-0.2, 0) is 0 Å². The molecule has 5 nitrogen and oxygen atoms in total. The first-order valence-electron chi connectivity index (χ1n) is 7.49. The molecule has 4 rings (SSSR count). The van der Waals surface area contributed by atoms with E-state index in [1.54, 1.807) is 19.6 Å². The molecular formula is C18H15ClN4O. The monoisotopic (exact) mass is 338 g/mol. The molecule has 0 bridgehead atoms. The minimum absolute atomic E-state index is 0.657. The third kappa shape index (κ3) is 2.34. The van der Waals surface area contributed by atoms with Crippen LogP contribution in [-0.4, -0.2) is 21.5 Å². The summed E-state index contributed by atoms with van der Waals surface area (Å²) in [4.78, 5) is 9.01. The first kappa shape index (κ1) is 14.8. The minimum Gasteiger partial charge on any atom is -0.497 e. The van der Waals surface area contributed by atoms with Crippen LogP contribution in [0.2, 0.25) is 5.02 Å². The first-order valence-corrected chi connectivity index (χ1v) is 7.87. The number of nitrogens with one attached hydrogen (secondary N) is 1. The number of halogens is 1. The number of hydrogen-bond acceptors (Lipinski definition) is 4. The van der Waals surface area contributed by atoms with E-state index in [1.165, 1.54) is 0 Å². The number of benzene rings is 2. The smallest absolute Gasteiger partial charge is 0.157 e. The van der Waals surface area contributed by atoms with Gasteiger partial charge in [-0.15, -0.1) is 0 Å². The van der Waals surface area contributed by atoms with E-state index in [-0.39, 0.29) is 0 Å². The van der Waals surface area contributed by atoms with Gasteiger partial charge >= 0.3 is 0 Å².